The van der Waals surface area contributed by atoms with Crippen LogP contribution in [0.15, 0.2) is 23.1 Å². The first-order valence-electron chi connectivity index (χ1n) is 7.02. The maximum absolute atomic E-state index is 5.76. The first-order chi connectivity index (χ1) is 9.13. The Bertz CT molecular complexity index is 364. The van der Waals surface area contributed by atoms with Crippen molar-refractivity contribution in [3.05, 3.63) is 23.8 Å². The molecule has 0 atom stereocenters. The van der Waals surface area contributed by atoms with Crippen LogP contribution >= 0.6 is 11.8 Å². The zero-order valence-electron chi connectivity index (χ0n) is 12.6. The summed E-state index contributed by atoms with van der Waals surface area (Å²) in [5.41, 5.74) is 1.29. The van der Waals surface area contributed by atoms with Crippen LogP contribution in [0.1, 0.15) is 38.7 Å². The van der Waals surface area contributed by atoms with Gasteiger partial charge in [-0.05, 0) is 70.1 Å². The van der Waals surface area contributed by atoms with E-state index in [0.717, 1.165) is 38.2 Å². The third-order valence-electron chi connectivity index (χ3n) is 2.87. The zero-order valence-corrected chi connectivity index (χ0v) is 13.4. The highest BCUT2D eigenvalue weighted by Gasteiger charge is 2.00. The largest absolute Gasteiger partial charge is 0.494 e. The van der Waals surface area contributed by atoms with Gasteiger partial charge in [-0.1, -0.05) is 0 Å². The Balaban J connectivity index is 2.14. The van der Waals surface area contributed by atoms with Gasteiger partial charge in [-0.2, -0.15) is 0 Å². The minimum Gasteiger partial charge on any atom is -0.494 e. The van der Waals surface area contributed by atoms with Crippen LogP contribution in [0.3, 0.4) is 0 Å². The molecular weight excluding hydrogens is 256 g/mol. The van der Waals surface area contributed by atoms with Gasteiger partial charge in [0.15, 0.2) is 0 Å². The molecule has 108 valence electrons. The van der Waals surface area contributed by atoms with Crippen LogP contribution < -0.4 is 4.74 Å². The molecule has 1 rings (SSSR count). The van der Waals surface area contributed by atoms with Crippen LogP contribution in [0.25, 0.3) is 0 Å². The topological polar surface area (TPSA) is 18.5 Å². The van der Waals surface area contributed by atoms with E-state index in [1.807, 2.05) is 0 Å². The van der Waals surface area contributed by atoms with Gasteiger partial charge in [0.2, 0.25) is 0 Å². The number of ether oxygens (including phenoxy) is 2. The predicted molar refractivity (Wildman–Crippen MR) is 83.4 cm³/mol. The number of rotatable bonds is 9. The highest BCUT2D eigenvalue weighted by molar-refractivity contribution is 7.98. The number of aryl methyl sites for hydroxylation is 1. The van der Waals surface area contributed by atoms with Gasteiger partial charge in [0.1, 0.15) is 5.75 Å². The number of benzene rings is 1. The van der Waals surface area contributed by atoms with E-state index in [9.17, 15) is 0 Å². The van der Waals surface area contributed by atoms with E-state index in [4.69, 9.17) is 9.47 Å². The Hall–Kier alpha value is -0.670. The monoisotopic (exact) mass is 282 g/mol. The standard InChI is InChI=1S/C16H26O2S/c1-13(2)17-10-6-5-7-11-18-15-8-9-16(19-4)14(3)12-15/h8-9,12-13H,5-7,10-11H2,1-4H3. The quantitative estimate of drug-likeness (QED) is 0.483. The number of unbranched alkanes of at least 4 members (excludes halogenated alkanes) is 2. The fraction of sp³-hybridized carbons (Fsp3) is 0.625. The molecule has 0 aromatic heterocycles. The van der Waals surface area contributed by atoms with E-state index < -0.39 is 0 Å². The second kappa shape index (κ2) is 9.27. The van der Waals surface area contributed by atoms with Crippen LogP contribution in [-0.2, 0) is 4.74 Å². The summed E-state index contributed by atoms with van der Waals surface area (Å²) in [6.07, 6.45) is 5.81. The van der Waals surface area contributed by atoms with Crippen molar-refractivity contribution in [2.24, 2.45) is 0 Å². The summed E-state index contributed by atoms with van der Waals surface area (Å²) >= 11 is 1.77. The molecular formula is C16H26O2S. The molecule has 0 heterocycles. The summed E-state index contributed by atoms with van der Waals surface area (Å²) < 4.78 is 11.3. The van der Waals surface area contributed by atoms with Crippen LogP contribution in [0, 0.1) is 6.92 Å². The first kappa shape index (κ1) is 16.4. The molecule has 0 saturated heterocycles. The van der Waals surface area contributed by atoms with Crippen molar-refractivity contribution in [3.63, 3.8) is 0 Å². The highest BCUT2D eigenvalue weighted by atomic mass is 32.2. The molecule has 0 unspecified atom stereocenters. The molecule has 19 heavy (non-hydrogen) atoms. The van der Waals surface area contributed by atoms with Crippen LogP contribution in [0.4, 0.5) is 0 Å². The molecule has 1 aromatic rings. The van der Waals surface area contributed by atoms with Gasteiger partial charge in [0, 0.05) is 11.5 Å². The van der Waals surface area contributed by atoms with Crippen molar-refractivity contribution >= 4 is 11.8 Å². The fourth-order valence-corrected chi connectivity index (χ4v) is 2.42. The lowest BCUT2D eigenvalue weighted by Crippen LogP contribution is -2.04. The molecule has 0 radical (unpaired) electrons. The molecule has 2 nitrogen and oxygen atoms in total. The lowest BCUT2D eigenvalue weighted by atomic mass is 10.2. The van der Waals surface area contributed by atoms with E-state index in [1.54, 1.807) is 11.8 Å². The van der Waals surface area contributed by atoms with Crippen molar-refractivity contribution in [1.82, 2.24) is 0 Å². The van der Waals surface area contributed by atoms with E-state index in [1.165, 1.54) is 10.5 Å². The van der Waals surface area contributed by atoms with E-state index in [2.05, 4.69) is 45.2 Å². The van der Waals surface area contributed by atoms with Gasteiger partial charge < -0.3 is 9.47 Å². The third-order valence-corrected chi connectivity index (χ3v) is 3.77. The van der Waals surface area contributed by atoms with Gasteiger partial charge in [-0.15, -0.1) is 11.8 Å². The third kappa shape index (κ3) is 6.88. The molecule has 0 N–H and O–H groups in total. The van der Waals surface area contributed by atoms with E-state index >= 15 is 0 Å². The Kier molecular flexibility index (Phi) is 7.99. The fourth-order valence-electron chi connectivity index (χ4n) is 1.83. The second-order valence-corrected chi connectivity index (χ2v) is 5.81. The molecule has 0 saturated carbocycles. The number of hydrogen-bond acceptors (Lipinski definition) is 3. The molecule has 0 spiro atoms. The SMILES string of the molecule is CSc1ccc(OCCCCCOC(C)C)cc1C. The molecule has 0 amide bonds. The Morgan fingerprint density at radius 1 is 1.11 bits per heavy atom. The Morgan fingerprint density at radius 3 is 2.47 bits per heavy atom. The molecule has 3 heteroatoms. The highest BCUT2D eigenvalue weighted by Crippen LogP contribution is 2.24. The normalized spacial score (nSPS) is 11.0. The Labute approximate surface area is 121 Å². The maximum Gasteiger partial charge on any atom is 0.119 e. The summed E-state index contributed by atoms with van der Waals surface area (Å²) in [6, 6.07) is 6.31. The minimum absolute atomic E-state index is 0.342. The van der Waals surface area contributed by atoms with Crippen molar-refractivity contribution in [2.75, 3.05) is 19.5 Å². The van der Waals surface area contributed by atoms with Crippen LogP contribution in [0.5, 0.6) is 5.75 Å². The summed E-state index contributed by atoms with van der Waals surface area (Å²) in [5.74, 6) is 0.980. The van der Waals surface area contributed by atoms with Crippen molar-refractivity contribution in [3.8, 4) is 5.75 Å². The van der Waals surface area contributed by atoms with E-state index in [-0.39, 0.29) is 0 Å². The molecule has 1 aromatic carbocycles. The molecule has 0 bridgehead atoms. The summed E-state index contributed by atoms with van der Waals surface area (Å²) in [4.78, 5) is 1.32. The summed E-state index contributed by atoms with van der Waals surface area (Å²) in [5, 5.41) is 0. The summed E-state index contributed by atoms with van der Waals surface area (Å²) in [6.45, 7) is 7.92. The van der Waals surface area contributed by atoms with Gasteiger partial charge in [0.25, 0.3) is 0 Å². The zero-order chi connectivity index (χ0) is 14.1. The maximum atomic E-state index is 5.76. The number of thioether (sulfide) groups is 1. The molecule has 0 fully saturated rings. The van der Waals surface area contributed by atoms with Crippen molar-refractivity contribution in [2.45, 2.75) is 51.0 Å². The summed E-state index contributed by atoms with van der Waals surface area (Å²) in [7, 11) is 0. The second-order valence-electron chi connectivity index (χ2n) is 4.96. The first-order valence-corrected chi connectivity index (χ1v) is 8.25. The van der Waals surface area contributed by atoms with Gasteiger partial charge in [-0.25, -0.2) is 0 Å². The predicted octanol–water partition coefficient (Wildman–Crippen LogP) is 4.69. The molecule has 0 aliphatic carbocycles. The smallest absolute Gasteiger partial charge is 0.119 e. The average molecular weight is 282 g/mol. The van der Waals surface area contributed by atoms with Gasteiger partial charge in [0.05, 0.1) is 12.7 Å². The van der Waals surface area contributed by atoms with Gasteiger partial charge >= 0.3 is 0 Å². The molecule has 0 aliphatic rings. The van der Waals surface area contributed by atoms with Crippen molar-refractivity contribution < 1.29 is 9.47 Å². The lowest BCUT2D eigenvalue weighted by Gasteiger charge is -2.09. The Morgan fingerprint density at radius 2 is 1.84 bits per heavy atom. The minimum atomic E-state index is 0.342. The average Bonchev–Trinajstić information content (AvgIpc) is 2.37. The molecule has 0 aliphatic heterocycles. The number of hydrogen-bond donors (Lipinski definition) is 0. The van der Waals surface area contributed by atoms with E-state index in [0.29, 0.717) is 6.10 Å². The lowest BCUT2D eigenvalue weighted by molar-refractivity contribution is 0.0752. The van der Waals surface area contributed by atoms with Crippen molar-refractivity contribution in [1.29, 1.82) is 0 Å². The van der Waals surface area contributed by atoms with Crippen LogP contribution in [-0.4, -0.2) is 25.6 Å². The van der Waals surface area contributed by atoms with Crippen LogP contribution in [0.2, 0.25) is 0 Å². The van der Waals surface area contributed by atoms with Gasteiger partial charge in [-0.3, -0.25) is 0 Å².